The number of benzene rings is 1. The van der Waals surface area contributed by atoms with Gasteiger partial charge in [0, 0.05) is 30.0 Å². The zero-order chi connectivity index (χ0) is 21.3. The lowest BCUT2D eigenvalue weighted by Crippen LogP contribution is -2.56. The molecule has 0 spiro atoms. The Morgan fingerprint density at radius 3 is 2.57 bits per heavy atom. The Hall–Kier alpha value is -2.13. The number of fused-ring (bicyclic) bond motifs is 1. The van der Waals surface area contributed by atoms with Crippen molar-refractivity contribution in [1.82, 2.24) is 0 Å². The van der Waals surface area contributed by atoms with E-state index < -0.39 is 11.9 Å². The van der Waals surface area contributed by atoms with Crippen molar-refractivity contribution in [2.75, 3.05) is 37.4 Å². The topological polar surface area (TPSA) is 93.4 Å². The molecule has 2 aromatic rings. The summed E-state index contributed by atoms with van der Waals surface area (Å²) in [6.07, 6.45) is 2.88. The molecule has 1 fully saturated rings. The van der Waals surface area contributed by atoms with Crippen LogP contribution in [0.1, 0.15) is 33.6 Å². The van der Waals surface area contributed by atoms with Crippen LogP contribution in [-0.2, 0) is 17.7 Å². The summed E-state index contributed by atoms with van der Waals surface area (Å²) >= 11 is 7.34. The molecular weight excluding hydrogens is 424 g/mol. The van der Waals surface area contributed by atoms with Gasteiger partial charge >= 0.3 is 6.03 Å². The molecule has 9 heteroatoms. The molecule has 1 aromatic carbocycles. The molecule has 1 atom stereocenters. The van der Waals surface area contributed by atoms with Gasteiger partial charge in [0.1, 0.15) is 11.5 Å². The van der Waals surface area contributed by atoms with Crippen LogP contribution < -0.4 is 16.4 Å². The van der Waals surface area contributed by atoms with Gasteiger partial charge in [0.2, 0.25) is 0 Å². The van der Waals surface area contributed by atoms with Gasteiger partial charge in [-0.1, -0.05) is 11.6 Å². The number of carbonyl (C=O) groups is 2. The third kappa shape index (κ3) is 4.32. The molecule has 2 aliphatic heterocycles. The number of nitrogens with one attached hydrogen (secondary N) is 2. The number of rotatable bonds is 4. The van der Waals surface area contributed by atoms with Gasteiger partial charge in [-0.2, -0.15) is 0 Å². The summed E-state index contributed by atoms with van der Waals surface area (Å²) in [7, 11) is 2.28. The van der Waals surface area contributed by atoms with Crippen molar-refractivity contribution in [3.05, 3.63) is 45.3 Å². The van der Waals surface area contributed by atoms with Crippen molar-refractivity contribution in [1.29, 1.82) is 0 Å². The average molecular weight is 450 g/mol. The number of quaternary nitrogens is 1. The monoisotopic (exact) mass is 449 g/mol. The van der Waals surface area contributed by atoms with Crippen LogP contribution in [0.2, 0.25) is 5.02 Å². The van der Waals surface area contributed by atoms with E-state index in [1.165, 1.54) is 11.3 Å². The normalized spacial score (nSPS) is 21.7. The Labute approximate surface area is 184 Å². The highest BCUT2D eigenvalue weighted by Gasteiger charge is 2.40. The highest BCUT2D eigenvalue weighted by molar-refractivity contribution is 7.17. The first-order valence-electron chi connectivity index (χ1n) is 10.1. The molecule has 0 radical (unpaired) electrons. The highest BCUT2D eigenvalue weighted by atomic mass is 35.5. The first-order chi connectivity index (χ1) is 14.4. The van der Waals surface area contributed by atoms with E-state index in [0.717, 1.165) is 60.5 Å². The zero-order valence-corrected chi connectivity index (χ0v) is 18.4. The Balaban J connectivity index is 1.54. The van der Waals surface area contributed by atoms with Crippen molar-refractivity contribution in [3.8, 4) is 0 Å². The summed E-state index contributed by atoms with van der Waals surface area (Å²) in [6, 6.07) is 6.96. The minimum atomic E-state index is -0.503. The predicted octanol–water partition coefficient (Wildman–Crippen LogP) is 3.83. The number of hydrogen-bond donors (Lipinski definition) is 3. The third-order valence-electron chi connectivity index (χ3n) is 6.12. The number of nitrogens with two attached hydrogens (primary N) is 1. The van der Waals surface area contributed by atoms with Gasteiger partial charge in [0.15, 0.2) is 0 Å². The molecule has 7 nitrogen and oxygen atoms in total. The van der Waals surface area contributed by atoms with Gasteiger partial charge in [-0.3, -0.25) is 10.1 Å². The van der Waals surface area contributed by atoms with E-state index in [2.05, 4.69) is 17.7 Å². The predicted molar refractivity (Wildman–Crippen MR) is 119 cm³/mol. The molecule has 0 saturated carbocycles. The number of halogens is 1. The van der Waals surface area contributed by atoms with Crippen molar-refractivity contribution >= 4 is 45.6 Å². The number of nitrogens with zero attached hydrogens (tertiary/aromatic N) is 1. The fourth-order valence-corrected chi connectivity index (χ4v) is 5.97. The van der Waals surface area contributed by atoms with E-state index in [1.54, 1.807) is 24.3 Å². The Bertz CT molecular complexity index is 956. The molecule has 0 bridgehead atoms. The Morgan fingerprint density at radius 2 is 1.90 bits per heavy atom. The molecule has 160 valence electrons. The van der Waals surface area contributed by atoms with Crippen LogP contribution in [0.3, 0.4) is 0 Å². The van der Waals surface area contributed by atoms with Gasteiger partial charge < -0.3 is 20.3 Å². The van der Waals surface area contributed by atoms with Crippen molar-refractivity contribution in [2.24, 2.45) is 5.73 Å². The quantitative estimate of drug-likeness (QED) is 0.619. The molecule has 3 heterocycles. The fraction of sp³-hybridized carbons (Fsp3) is 0.429. The number of anilines is 2. The molecule has 4 rings (SSSR count). The molecule has 1 saturated heterocycles. The first-order valence-corrected chi connectivity index (χ1v) is 11.2. The SMILES string of the molecule is C[N+]1(C2CCOCC2)CCc2c(sc(NC(=O)Nc3ccc(Cl)cc3)c2C(N)=O)C1. The summed E-state index contributed by atoms with van der Waals surface area (Å²) < 4.78 is 6.46. The second-order valence-electron chi connectivity index (χ2n) is 8.11. The highest BCUT2D eigenvalue weighted by Crippen LogP contribution is 2.40. The summed E-state index contributed by atoms with van der Waals surface area (Å²) in [5.74, 6) is -0.503. The van der Waals surface area contributed by atoms with E-state index in [9.17, 15) is 9.59 Å². The molecule has 30 heavy (non-hydrogen) atoms. The lowest BCUT2D eigenvalue weighted by molar-refractivity contribution is -0.949. The van der Waals surface area contributed by atoms with Gasteiger partial charge in [-0.05, 0) is 29.8 Å². The molecule has 1 aromatic heterocycles. The van der Waals surface area contributed by atoms with Gasteiger partial charge in [0.25, 0.3) is 5.91 Å². The van der Waals surface area contributed by atoms with Crippen LogP contribution in [0.15, 0.2) is 24.3 Å². The number of carbonyl (C=O) groups excluding carboxylic acids is 2. The maximum absolute atomic E-state index is 12.5. The fourth-order valence-electron chi connectivity index (χ4n) is 4.45. The number of hydrogen-bond acceptors (Lipinski definition) is 4. The number of amides is 3. The Morgan fingerprint density at radius 1 is 1.20 bits per heavy atom. The molecule has 4 N–H and O–H groups in total. The number of likely N-dealkylation sites (N-methyl/N-ethyl adjacent to an activating group) is 1. The van der Waals surface area contributed by atoms with Crippen LogP contribution in [0.4, 0.5) is 15.5 Å². The Kier molecular flexibility index (Phi) is 6.02. The first kappa shape index (κ1) is 21.1. The second-order valence-corrected chi connectivity index (χ2v) is 9.65. The average Bonchev–Trinajstić information content (AvgIpc) is 3.07. The third-order valence-corrected chi connectivity index (χ3v) is 7.50. The maximum atomic E-state index is 12.5. The molecule has 3 amide bonds. The molecule has 0 aliphatic carbocycles. The summed E-state index contributed by atoms with van der Waals surface area (Å²) in [4.78, 5) is 25.9. The smallest absolute Gasteiger partial charge is 0.324 e. The lowest BCUT2D eigenvalue weighted by atomic mass is 9.96. The van der Waals surface area contributed by atoms with Gasteiger partial charge in [-0.25, -0.2) is 4.79 Å². The van der Waals surface area contributed by atoms with Crippen LogP contribution in [0.25, 0.3) is 0 Å². The molecule has 2 aliphatic rings. The van der Waals surface area contributed by atoms with Crippen LogP contribution >= 0.6 is 22.9 Å². The van der Waals surface area contributed by atoms with Gasteiger partial charge in [-0.15, -0.1) is 11.3 Å². The van der Waals surface area contributed by atoms with Crippen LogP contribution in [0.5, 0.6) is 0 Å². The van der Waals surface area contributed by atoms with E-state index in [-0.39, 0.29) is 0 Å². The molecule has 1 unspecified atom stereocenters. The summed E-state index contributed by atoms with van der Waals surface area (Å²) in [6.45, 7) is 3.40. The van der Waals surface area contributed by atoms with Crippen molar-refractivity contribution < 1.29 is 18.8 Å². The van der Waals surface area contributed by atoms with E-state index in [4.69, 9.17) is 22.1 Å². The maximum Gasteiger partial charge on any atom is 0.324 e. The number of primary amides is 1. The minimum Gasteiger partial charge on any atom is -0.381 e. The van der Waals surface area contributed by atoms with E-state index in [0.29, 0.717) is 27.3 Å². The molecular formula is C21H26ClN4O3S+. The lowest BCUT2D eigenvalue weighted by Gasteiger charge is -2.45. The minimum absolute atomic E-state index is 0.417. The van der Waals surface area contributed by atoms with Crippen LogP contribution in [0, 0.1) is 0 Å². The standard InChI is InChI=1S/C21H25ClN4O3S/c1-26(15-7-10-29-11-8-15)9-6-16-17(12-26)30-20(18(16)19(23)27)25-21(28)24-14-4-2-13(22)3-5-14/h2-5,15H,6-12H2,1H3,(H3-,23,24,25,27,28)/p+1. The van der Waals surface area contributed by atoms with E-state index >= 15 is 0 Å². The second kappa shape index (κ2) is 8.55. The number of ether oxygens (including phenoxy) is 1. The van der Waals surface area contributed by atoms with E-state index in [1.807, 2.05) is 0 Å². The number of urea groups is 1. The summed E-state index contributed by atoms with van der Waals surface area (Å²) in [5.41, 5.74) is 7.74. The van der Waals surface area contributed by atoms with Crippen LogP contribution in [-0.4, -0.2) is 49.3 Å². The van der Waals surface area contributed by atoms with Crippen molar-refractivity contribution in [3.63, 3.8) is 0 Å². The number of thiophene rings is 1. The van der Waals surface area contributed by atoms with Crippen molar-refractivity contribution in [2.45, 2.75) is 31.8 Å². The zero-order valence-electron chi connectivity index (χ0n) is 16.9. The van der Waals surface area contributed by atoms with Gasteiger partial charge in [0.05, 0.1) is 43.3 Å². The summed E-state index contributed by atoms with van der Waals surface area (Å²) in [5, 5.41) is 6.69. The largest absolute Gasteiger partial charge is 0.381 e.